The van der Waals surface area contributed by atoms with Crippen molar-refractivity contribution in [1.29, 1.82) is 0 Å². The number of nitrogens with one attached hydrogen (secondary N) is 1. The van der Waals surface area contributed by atoms with E-state index in [1.165, 1.54) is 19.1 Å². The second-order valence-electron chi connectivity index (χ2n) is 8.81. The molecule has 1 N–H and O–H groups in total. The quantitative estimate of drug-likeness (QED) is 0.522. The minimum atomic E-state index is -0.965. The molecule has 1 aliphatic heterocycles. The molecule has 170 valence electrons. The number of carbonyl (C=O) groups is 3. The zero-order chi connectivity index (χ0) is 23.1. The molecule has 5 rings (SSSR count). The summed E-state index contributed by atoms with van der Waals surface area (Å²) in [6.45, 7) is 0. The number of nitrogens with zero attached hydrogens (tertiary/aromatic N) is 1. The molecule has 2 bridgehead atoms. The first-order valence-corrected chi connectivity index (χ1v) is 11.1. The van der Waals surface area contributed by atoms with E-state index >= 15 is 0 Å². The molecule has 1 saturated heterocycles. The number of fused-ring (bicyclic) bond motifs is 5. The lowest BCUT2D eigenvalue weighted by atomic mass is 9.85. The number of carbonyl (C=O) groups excluding carboxylic acids is 3. The second-order valence-corrected chi connectivity index (χ2v) is 8.81. The minimum absolute atomic E-state index is 0.0837. The molecule has 3 amide bonds. The Bertz CT molecular complexity index is 1100. The third-order valence-electron chi connectivity index (χ3n) is 7.06. The summed E-state index contributed by atoms with van der Waals surface area (Å²) < 4.78 is 10.7. The summed E-state index contributed by atoms with van der Waals surface area (Å²) in [7, 11) is 3.05. The Balaban J connectivity index is 1.47. The van der Waals surface area contributed by atoms with Gasteiger partial charge in [-0.05, 0) is 36.0 Å². The van der Waals surface area contributed by atoms with Crippen LogP contribution in [0.2, 0.25) is 0 Å². The lowest BCUT2D eigenvalue weighted by Crippen LogP contribution is -2.49. The smallest absolute Gasteiger partial charge is 0.248 e. The van der Waals surface area contributed by atoms with E-state index in [0.717, 1.165) is 12.0 Å². The van der Waals surface area contributed by atoms with Crippen molar-refractivity contribution in [2.45, 2.75) is 18.9 Å². The molecule has 7 heteroatoms. The SMILES string of the molecule is COc1ccc(OC)c(NC(=O)[C@H](Cc2ccccc2)N2C(=O)[C@H]3[C@H](C2=O)[C@H]2C=C[C@H]3C2)c1. The predicted molar refractivity (Wildman–Crippen MR) is 122 cm³/mol. The number of hydrogen-bond donors (Lipinski definition) is 1. The van der Waals surface area contributed by atoms with Crippen molar-refractivity contribution < 1.29 is 23.9 Å². The van der Waals surface area contributed by atoms with Gasteiger partial charge in [-0.1, -0.05) is 42.5 Å². The molecule has 2 aromatic rings. The van der Waals surface area contributed by atoms with Gasteiger partial charge in [0.2, 0.25) is 17.7 Å². The third-order valence-corrected chi connectivity index (χ3v) is 7.06. The Hall–Kier alpha value is -3.61. The van der Waals surface area contributed by atoms with Gasteiger partial charge < -0.3 is 14.8 Å². The summed E-state index contributed by atoms with van der Waals surface area (Å²) in [5.74, 6) is -0.453. The molecule has 2 aromatic carbocycles. The number of anilines is 1. The molecule has 7 nitrogen and oxygen atoms in total. The van der Waals surface area contributed by atoms with Crippen LogP contribution in [0.1, 0.15) is 12.0 Å². The molecule has 1 saturated carbocycles. The van der Waals surface area contributed by atoms with E-state index in [1.807, 2.05) is 42.5 Å². The zero-order valence-corrected chi connectivity index (χ0v) is 18.6. The molecule has 2 fully saturated rings. The number of benzene rings is 2. The first-order chi connectivity index (χ1) is 16.0. The van der Waals surface area contributed by atoms with Gasteiger partial charge in [0.1, 0.15) is 17.5 Å². The van der Waals surface area contributed by atoms with Crippen molar-refractivity contribution in [3.05, 3.63) is 66.2 Å². The van der Waals surface area contributed by atoms with Crippen molar-refractivity contribution in [3.63, 3.8) is 0 Å². The van der Waals surface area contributed by atoms with Crippen LogP contribution in [0, 0.1) is 23.7 Å². The van der Waals surface area contributed by atoms with E-state index in [1.54, 1.807) is 18.2 Å². The van der Waals surface area contributed by atoms with Crippen molar-refractivity contribution in [2.24, 2.45) is 23.7 Å². The van der Waals surface area contributed by atoms with Gasteiger partial charge in [0.15, 0.2) is 0 Å². The molecule has 0 aromatic heterocycles. The summed E-state index contributed by atoms with van der Waals surface area (Å²) in [5.41, 5.74) is 1.29. The molecule has 33 heavy (non-hydrogen) atoms. The fourth-order valence-electron chi connectivity index (χ4n) is 5.50. The van der Waals surface area contributed by atoms with E-state index in [9.17, 15) is 14.4 Å². The molecule has 0 spiro atoms. The molecule has 1 heterocycles. The number of ether oxygens (including phenoxy) is 2. The van der Waals surface area contributed by atoms with Crippen LogP contribution in [0.25, 0.3) is 0 Å². The average molecular weight is 447 g/mol. The highest BCUT2D eigenvalue weighted by Gasteiger charge is 2.61. The Morgan fingerprint density at radius 2 is 1.67 bits per heavy atom. The summed E-state index contributed by atoms with van der Waals surface area (Å²) >= 11 is 0. The van der Waals surface area contributed by atoms with Crippen LogP contribution >= 0.6 is 0 Å². The molecular weight excluding hydrogens is 420 g/mol. The second kappa shape index (κ2) is 8.39. The van der Waals surface area contributed by atoms with E-state index < -0.39 is 11.9 Å². The highest BCUT2D eigenvalue weighted by molar-refractivity contribution is 6.11. The van der Waals surface area contributed by atoms with Gasteiger partial charge in [0.05, 0.1) is 31.7 Å². The maximum absolute atomic E-state index is 13.6. The summed E-state index contributed by atoms with van der Waals surface area (Å²) in [6.07, 6.45) is 5.18. The van der Waals surface area contributed by atoms with E-state index in [4.69, 9.17) is 9.47 Å². The number of amides is 3. The van der Waals surface area contributed by atoms with Crippen LogP contribution in [0.4, 0.5) is 5.69 Å². The fourth-order valence-corrected chi connectivity index (χ4v) is 5.50. The van der Waals surface area contributed by atoms with Crippen LogP contribution in [0.3, 0.4) is 0 Å². The van der Waals surface area contributed by atoms with Gasteiger partial charge in [-0.15, -0.1) is 0 Å². The number of rotatable bonds is 7. The van der Waals surface area contributed by atoms with Crippen LogP contribution < -0.4 is 14.8 Å². The predicted octanol–water partition coefficient (Wildman–Crippen LogP) is 3.06. The number of hydrogen-bond acceptors (Lipinski definition) is 5. The largest absolute Gasteiger partial charge is 0.497 e. The first-order valence-electron chi connectivity index (χ1n) is 11.1. The molecule has 5 atom stereocenters. The fraction of sp³-hybridized carbons (Fsp3) is 0.346. The third kappa shape index (κ3) is 3.57. The van der Waals surface area contributed by atoms with Gasteiger partial charge in [0.25, 0.3) is 0 Å². The van der Waals surface area contributed by atoms with Gasteiger partial charge in [-0.3, -0.25) is 19.3 Å². The van der Waals surface area contributed by atoms with Crippen LogP contribution in [-0.2, 0) is 20.8 Å². The highest BCUT2D eigenvalue weighted by atomic mass is 16.5. The van der Waals surface area contributed by atoms with E-state index in [-0.39, 0.29) is 41.9 Å². The van der Waals surface area contributed by atoms with Crippen LogP contribution in [0.5, 0.6) is 11.5 Å². The first kappa shape index (κ1) is 21.2. The molecular formula is C26H26N2O5. The molecule has 2 aliphatic carbocycles. The molecule has 0 radical (unpaired) electrons. The Morgan fingerprint density at radius 1 is 1.00 bits per heavy atom. The summed E-state index contributed by atoms with van der Waals surface area (Å²) in [6, 6.07) is 13.5. The monoisotopic (exact) mass is 446 g/mol. The lowest BCUT2D eigenvalue weighted by molar-refractivity contribution is -0.147. The minimum Gasteiger partial charge on any atom is -0.497 e. The topological polar surface area (TPSA) is 84.9 Å². The van der Waals surface area contributed by atoms with Gasteiger partial charge in [-0.2, -0.15) is 0 Å². The van der Waals surface area contributed by atoms with Crippen molar-refractivity contribution in [3.8, 4) is 11.5 Å². The Morgan fingerprint density at radius 3 is 2.27 bits per heavy atom. The molecule has 0 unspecified atom stereocenters. The Kier molecular flexibility index (Phi) is 5.40. The number of likely N-dealkylation sites (tertiary alicyclic amines) is 1. The number of imide groups is 1. The maximum atomic E-state index is 13.6. The maximum Gasteiger partial charge on any atom is 0.248 e. The number of allylic oxidation sites excluding steroid dienone is 2. The van der Waals surface area contributed by atoms with Crippen LogP contribution in [-0.4, -0.2) is 42.9 Å². The normalized spacial score (nSPS) is 25.8. The van der Waals surface area contributed by atoms with E-state index in [0.29, 0.717) is 17.2 Å². The zero-order valence-electron chi connectivity index (χ0n) is 18.6. The van der Waals surface area contributed by atoms with Gasteiger partial charge in [-0.25, -0.2) is 0 Å². The highest BCUT2D eigenvalue weighted by Crippen LogP contribution is 2.53. The molecule has 3 aliphatic rings. The van der Waals surface area contributed by atoms with Crippen LogP contribution in [0.15, 0.2) is 60.7 Å². The van der Waals surface area contributed by atoms with Crippen molar-refractivity contribution >= 4 is 23.4 Å². The standard InChI is InChI=1S/C26H26N2O5/c1-32-18-10-11-21(33-2)19(14-18)27-24(29)20(12-15-6-4-3-5-7-15)28-25(30)22-16-8-9-17(13-16)23(22)26(28)31/h3-11,14,16-17,20,22-23H,12-13H2,1-2H3,(H,27,29)/t16-,17-,20-,22+,23+/m0/s1. The lowest BCUT2D eigenvalue weighted by Gasteiger charge is -2.27. The van der Waals surface area contributed by atoms with Gasteiger partial charge in [0, 0.05) is 12.5 Å². The van der Waals surface area contributed by atoms with Crippen molar-refractivity contribution in [1.82, 2.24) is 4.90 Å². The number of methoxy groups -OCH3 is 2. The summed E-state index contributed by atoms with van der Waals surface area (Å²) in [5, 5.41) is 2.87. The van der Waals surface area contributed by atoms with Crippen molar-refractivity contribution in [2.75, 3.05) is 19.5 Å². The Labute approximate surface area is 192 Å². The summed E-state index contributed by atoms with van der Waals surface area (Å²) in [4.78, 5) is 41.7. The van der Waals surface area contributed by atoms with Gasteiger partial charge >= 0.3 is 0 Å². The van der Waals surface area contributed by atoms with E-state index in [2.05, 4.69) is 5.32 Å². The average Bonchev–Trinajstić information content (AvgIpc) is 3.52.